The van der Waals surface area contributed by atoms with Gasteiger partial charge in [-0.05, 0) is 18.2 Å². The average molecular weight is 231 g/mol. The van der Waals surface area contributed by atoms with Gasteiger partial charge in [0, 0.05) is 18.6 Å². The molecule has 0 aliphatic carbocycles. The molecular weight excluding hydrogens is 222 g/mol. The molecule has 1 N–H and O–H groups in total. The number of hydrogen-bond donors (Lipinski definition) is 1. The highest BCUT2D eigenvalue weighted by atomic mass is 16.4. The number of carboxylic acids is 1. The number of carbonyl (C=O) groups is 1. The number of rotatable bonds is 3. The SMILES string of the molecule is O=C(O)c1cccn(Cc2ncccn2)c1=O. The van der Waals surface area contributed by atoms with Gasteiger partial charge in [0.2, 0.25) is 0 Å². The molecule has 0 atom stereocenters. The molecule has 2 aromatic rings. The van der Waals surface area contributed by atoms with E-state index in [2.05, 4.69) is 9.97 Å². The minimum atomic E-state index is -1.24. The lowest BCUT2D eigenvalue weighted by atomic mass is 10.3. The van der Waals surface area contributed by atoms with Crippen LogP contribution >= 0.6 is 0 Å². The molecule has 0 amide bonds. The molecule has 6 heteroatoms. The predicted molar refractivity (Wildman–Crippen MR) is 58.8 cm³/mol. The van der Waals surface area contributed by atoms with E-state index in [1.807, 2.05) is 0 Å². The quantitative estimate of drug-likeness (QED) is 0.825. The Morgan fingerprint density at radius 3 is 2.65 bits per heavy atom. The minimum Gasteiger partial charge on any atom is -0.477 e. The Kier molecular flexibility index (Phi) is 2.95. The maximum atomic E-state index is 11.7. The lowest BCUT2D eigenvalue weighted by molar-refractivity contribution is 0.0694. The second-order valence-corrected chi connectivity index (χ2v) is 3.33. The van der Waals surface area contributed by atoms with Crippen molar-refractivity contribution in [3.05, 3.63) is 58.5 Å². The highest BCUT2D eigenvalue weighted by Crippen LogP contribution is 1.95. The van der Waals surface area contributed by atoms with Gasteiger partial charge in [-0.3, -0.25) is 4.79 Å². The van der Waals surface area contributed by atoms with Gasteiger partial charge in [0.15, 0.2) is 0 Å². The standard InChI is InChI=1S/C11H9N3O3/c15-10-8(11(16)17)3-1-6-14(10)7-9-12-4-2-5-13-9/h1-6H,7H2,(H,16,17). The molecule has 0 radical (unpaired) electrons. The van der Waals surface area contributed by atoms with Crippen LogP contribution in [0.25, 0.3) is 0 Å². The lowest BCUT2D eigenvalue weighted by Gasteiger charge is -2.04. The van der Waals surface area contributed by atoms with Crippen LogP contribution in [0.3, 0.4) is 0 Å². The van der Waals surface area contributed by atoms with E-state index in [-0.39, 0.29) is 12.1 Å². The molecule has 0 saturated carbocycles. The average Bonchev–Trinajstić information content (AvgIpc) is 2.33. The van der Waals surface area contributed by atoms with Crippen LogP contribution in [-0.4, -0.2) is 25.6 Å². The van der Waals surface area contributed by atoms with Crippen molar-refractivity contribution in [2.75, 3.05) is 0 Å². The van der Waals surface area contributed by atoms with Crippen LogP contribution in [0.4, 0.5) is 0 Å². The van der Waals surface area contributed by atoms with Crippen LogP contribution in [0.5, 0.6) is 0 Å². The van der Waals surface area contributed by atoms with E-state index < -0.39 is 11.5 Å². The summed E-state index contributed by atoms with van der Waals surface area (Å²) in [6.45, 7) is 0.154. The summed E-state index contributed by atoms with van der Waals surface area (Å²) in [7, 11) is 0. The Hall–Kier alpha value is -2.50. The molecule has 0 unspecified atom stereocenters. The van der Waals surface area contributed by atoms with Gasteiger partial charge in [0.25, 0.3) is 5.56 Å². The number of aromatic nitrogens is 3. The van der Waals surface area contributed by atoms with Crippen LogP contribution < -0.4 is 5.56 Å². The molecule has 0 aliphatic heterocycles. The van der Waals surface area contributed by atoms with Gasteiger partial charge in [0.05, 0.1) is 6.54 Å². The third-order valence-corrected chi connectivity index (χ3v) is 2.18. The number of pyridine rings is 1. The summed E-state index contributed by atoms with van der Waals surface area (Å²) in [5.74, 6) is -0.782. The first-order chi connectivity index (χ1) is 8.18. The molecule has 0 spiro atoms. The third kappa shape index (κ3) is 2.36. The summed E-state index contributed by atoms with van der Waals surface area (Å²) < 4.78 is 1.26. The van der Waals surface area contributed by atoms with Gasteiger partial charge in [-0.15, -0.1) is 0 Å². The largest absolute Gasteiger partial charge is 0.477 e. The zero-order chi connectivity index (χ0) is 12.3. The molecule has 2 rings (SSSR count). The predicted octanol–water partition coefficient (Wildman–Crippen LogP) is 0.385. The molecule has 0 fully saturated rings. The Labute approximate surface area is 96.2 Å². The second kappa shape index (κ2) is 4.56. The van der Waals surface area contributed by atoms with Crippen molar-refractivity contribution in [2.24, 2.45) is 0 Å². The topological polar surface area (TPSA) is 85.1 Å². The first-order valence-electron chi connectivity index (χ1n) is 4.87. The van der Waals surface area contributed by atoms with Crippen LogP contribution in [-0.2, 0) is 6.54 Å². The lowest BCUT2D eigenvalue weighted by Crippen LogP contribution is -2.26. The van der Waals surface area contributed by atoms with E-state index in [1.54, 1.807) is 18.5 Å². The third-order valence-electron chi connectivity index (χ3n) is 2.18. The van der Waals surface area contributed by atoms with Crippen LogP contribution in [0.2, 0.25) is 0 Å². The molecule has 0 aliphatic rings. The summed E-state index contributed by atoms with van der Waals surface area (Å²) in [4.78, 5) is 30.5. The summed E-state index contributed by atoms with van der Waals surface area (Å²) in [6.07, 6.45) is 4.63. The Bertz CT molecular complexity index is 592. The maximum absolute atomic E-state index is 11.7. The highest BCUT2D eigenvalue weighted by molar-refractivity contribution is 5.86. The zero-order valence-corrected chi connectivity index (χ0v) is 8.78. The number of aromatic carboxylic acids is 1. The van der Waals surface area contributed by atoms with Crippen molar-refractivity contribution in [1.82, 2.24) is 14.5 Å². The van der Waals surface area contributed by atoms with Crippen molar-refractivity contribution < 1.29 is 9.90 Å². The molecule has 0 saturated heterocycles. The van der Waals surface area contributed by atoms with Crippen molar-refractivity contribution in [2.45, 2.75) is 6.54 Å². The zero-order valence-electron chi connectivity index (χ0n) is 8.78. The summed E-state index contributed by atoms with van der Waals surface area (Å²) >= 11 is 0. The van der Waals surface area contributed by atoms with Crippen molar-refractivity contribution >= 4 is 5.97 Å². The van der Waals surface area contributed by atoms with Crippen LogP contribution in [0, 0.1) is 0 Å². The van der Waals surface area contributed by atoms with Gasteiger partial charge in [-0.2, -0.15) is 0 Å². The van der Waals surface area contributed by atoms with E-state index >= 15 is 0 Å². The van der Waals surface area contributed by atoms with E-state index in [1.165, 1.54) is 22.9 Å². The van der Waals surface area contributed by atoms with E-state index in [9.17, 15) is 9.59 Å². The fraction of sp³-hybridized carbons (Fsp3) is 0.0909. The number of carboxylic acid groups (broad SMARTS) is 1. The molecule has 0 bridgehead atoms. The van der Waals surface area contributed by atoms with Gasteiger partial charge < -0.3 is 9.67 Å². The van der Waals surface area contributed by atoms with E-state index in [4.69, 9.17) is 5.11 Å². The van der Waals surface area contributed by atoms with Crippen molar-refractivity contribution in [3.63, 3.8) is 0 Å². The fourth-order valence-corrected chi connectivity index (χ4v) is 1.39. The van der Waals surface area contributed by atoms with Gasteiger partial charge >= 0.3 is 5.97 Å². The van der Waals surface area contributed by atoms with E-state index in [0.717, 1.165) is 0 Å². The molecule has 2 aromatic heterocycles. The minimum absolute atomic E-state index is 0.154. The number of nitrogens with zero attached hydrogens (tertiary/aromatic N) is 3. The van der Waals surface area contributed by atoms with E-state index in [0.29, 0.717) is 5.82 Å². The highest BCUT2D eigenvalue weighted by Gasteiger charge is 2.10. The molecular formula is C11H9N3O3. The first-order valence-corrected chi connectivity index (χ1v) is 4.87. The van der Waals surface area contributed by atoms with Gasteiger partial charge in [-0.25, -0.2) is 14.8 Å². The molecule has 17 heavy (non-hydrogen) atoms. The fourth-order valence-electron chi connectivity index (χ4n) is 1.39. The normalized spacial score (nSPS) is 10.1. The van der Waals surface area contributed by atoms with Gasteiger partial charge in [0.1, 0.15) is 11.4 Å². The van der Waals surface area contributed by atoms with Crippen LogP contribution in [0.15, 0.2) is 41.6 Å². The molecule has 6 nitrogen and oxygen atoms in total. The molecule has 0 aromatic carbocycles. The smallest absolute Gasteiger partial charge is 0.341 e. The Balaban J connectivity index is 2.38. The monoisotopic (exact) mass is 231 g/mol. The maximum Gasteiger partial charge on any atom is 0.341 e. The second-order valence-electron chi connectivity index (χ2n) is 3.33. The molecule has 86 valence electrons. The summed E-state index contributed by atoms with van der Waals surface area (Å²) in [6, 6.07) is 4.45. The van der Waals surface area contributed by atoms with Crippen molar-refractivity contribution in [3.8, 4) is 0 Å². The van der Waals surface area contributed by atoms with Crippen LogP contribution in [0.1, 0.15) is 16.2 Å². The molecule has 2 heterocycles. The summed E-state index contributed by atoms with van der Waals surface area (Å²) in [5.41, 5.74) is -0.823. The summed E-state index contributed by atoms with van der Waals surface area (Å²) in [5, 5.41) is 8.81. The number of hydrogen-bond acceptors (Lipinski definition) is 4. The van der Waals surface area contributed by atoms with Crippen molar-refractivity contribution in [1.29, 1.82) is 0 Å². The Morgan fingerprint density at radius 1 is 1.29 bits per heavy atom. The van der Waals surface area contributed by atoms with Gasteiger partial charge in [-0.1, -0.05) is 0 Å². The Morgan fingerprint density at radius 2 is 2.00 bits per heavy atom. The first kappa shape index (κ1) is 11.0.